The first-order valence-electron chi connectivity index (χ1n) is 5.92. The Morgan fingerprint density at radius 3 is 1.94 bits per heavy atom. The second-order valence-corrected chi connectivity index (χ2v) is 3.48. The van der Waals surface area contributed by atoms with Gasteiger partial charge in [-0.05, 0) is 12.8 Å². The van der Waals surface area contributed by atoms with E-state index in [-0.39, 0.29) is 6.42 Å². The van der Waals surface area contributed by atoms with E-state index >= 15 is 0 Å². The Morgan fingerprint density at radius 2 is 1.41 bits per heavy atom. The fraction of sp³-hybridized carbons (Fsp3) is 0.909. The van der Waals surface area contributed by atoms with E-state index in [2.05, 4.69) is 0 Å². The highest BCUT2D eigenvalue weighted by Gasteiger charge is 1.96. The van der Waals surface area contributed by atoms with Crippen molar-refractivity contribution in [2.45, 2.75) is 19.3 Å². The predicted octanol–water partition coefficient (Wildman–Crippen LogP) is 0.250. The van der Waals surface area contributed by atoms with Crippen LogP contribution in [0.25, 0.3) is 0 Å². The molecule has 0 aliphatic heterocycles. The summed E-state index contributed by atoms with van der Waals surface area (Å²) in [6.45, 7) is 3.83. The zero-order valence-electron chi connectivity index (χ0n) is 10.2. The van der Waals surface area contributed by atoms with Crippen molar-refractivity contribution < 1.29 is 24.1 Å². The largest absolute Gasteiger partial charge is 0.481 e. The van der Waals surface area contributed by atoms with Gasteiger partial charge in [0.1, 0.15) is 0 Å². The standard InChI is InChI=1S/C11H23NO5/c12-4-6-16-8-10-17-9-7-15-5-2-1-3-11(13)14/h1-10,12H2,(H,13,14). The molecule has 0 rings (SSSR count). The molecule has 0 aliphatic rings. The lowest BCUT2D eigenvalue weighted by Gasteiger charge is -2.06. The van der Waals surface area contributed by atoms with Crippen molar-refractivity contribution in [1.82, 2.24) is 0 Å². The number of carboxylic acid groups (broad SMARTS) is 1. The third kappa shape index (κ3) is 15.3. The lowest BCUT2D eigenvalue weighted by molar-refractivity contribution is -0.137. The summed E-state index contributed by atoms with van der Waals surface area (Å²) in [5, 5.41) is 8.39. The van der Waals surface area contributed by atoms with E-state index in [4.69, 9.17) is 25.1 Å². The highest BCUT2D eigenvalue weighted by atomic mass is 16.5. The van der Waals surface area contributed by atoms with E-state index in [9.17, 15) is 4.79 Å². The molecule has 0 atom stereocenters. The van der Waals surface area contributed by atoms with Crippen LogP contribution < -0.4 is 5.73 Å². The Bertz CT molecular complexity index is 177. The quantitative estimate of drug-likeness (QED) is 0.455. The summed E-state index contributed by atoms with van der Waals surface area (Å²) in [5.41, 5.74) is 5.25. The van der Waals surface area contributed by atoms with E-state index < -0.39 is 5.97 Å². The van der Waals surface area contributed by atoms with Crippen LogP contribution in [0.3, 0.4) is 0 Å². The second kappa shape index (κ2) is 13.4. The van der Waals surface area contributed by atoms with Gasteiger partial charge >= 0.3 is 5.97 Å². The highest BCUT2D eigenvalue weighted by molar-refractivity contribution is 5.66. The average Bonchev–Trinajstić information content (AvgIpc) is 2.30. The molecule has 0 saturated heterocycles. The number of hydrogen-bond donors (Lipinski definition) is 2. The van der Waals surface area contributed by atoms with Crippen molar-refractivity contribution in [1.29, 1.82) is 0 Å². The molecule has 0 saturated carbocycles. The predicted molar refractivity (Wildman–Crippen MR) is 63.0 cm³/mol. The van der Waals surface area contributed by atoms with Gasteiger partial charge in [-0.1, -0.05) is 0 Å². The fourth-order valence-corrected chi connectivity index (χ4v) is 1.11. The summed E-state index contributed by atoms with van der Waals surface area (Å²) in [5.74, 6) is -0.759. The number of carbonyl (C=O) groups is 1. The van der Waals surface area contributed by atoms with Crippen molar-refractivity contribution in [2.75, 3.05) is 46.2 Å². The number of hydrogen-bond acceptors (Lipinski definition) is 5. The van der Waals surface area contributed by atoms with Gasteiger partial charge in [-0.15, -0.1) is 0 Å². The normalized spacial score (nSPS) is 10.6. The van der Waals surface area contributed by atoms with Crippen molar-refractivity contribution in [2.24, 2.45) is 5.73 Å². The van der Waals surface area contributed by atoms with Crippen LogP contribution in [-0.4, -0.2) is 57.3 Å². The number of carboxylic acids is 1. The molecule has 102 valence electrons. The van der Waals surface area contributed by atoms with Gasteiger partial charge in [-0.25, -0.2) is 0 Å². The first-order valence-corrected chi connectivity index (χ1v) is 5.92. The van der Waals surface area contributed by atoms with Gasteiger partial charge in [0.2, 0.25) is 0 Å². The average molecular weight is 249 g/mol. The van der Waals surface area contributed by atoms with Crippen molar-refractivity contribution in [3.8, 4) is 0 Å². The van der Waals surface area contributed by atoms with E-state index in [1.807, 2.05) is 0 Å². The smallest absolute Gasteiger partial charge is 0.303 e. The molecule has 0 unspecified atom stereocenters. The maximum absolute atomic E-state index is 10.2. The molecule has 0 aromatic carbocycles. The zero-order valence-corrected chi connectivity index (χ0v) is 10.2. The number of aliphatic carboxylic acids is 1. The van der Waals surface area contributed by atoms with Gasteiger partial charge < -0.3 is 25.1 Å². The van der Waals surface area contributed by atoms with E-state index in [0.29, 0.717) is 52.6 Å². The van der Waals surface area contributed by atoms with E-state index in [0.717, 1.165) is 6.42 Å². The van der Waals surface area contributed by atoms with Gasteiger partial charge in [0.15, 0.2) is 0 Å². The van der Waals surface area contributed by atoms with Crippen LogP contribution in [0, 0.1) is 0 Å². The monoisotopic (exact) mass is 249 g/mol. The molecule has 0 fully saturated rings. The fourth-order valence-electron chi connectivity index (χ4n) is 1.11. The lowest BCUT2D eigenvalue weighted by Crippen LogP contribution is -2.13. The molecule has 0 bridgehead atoms. The Kier molecular flexibility index (Phi) is 12.8. The Morgan fingerprint density at radius 1 is 0.882 bits per heavy atom. The summed E-state index contributed by atoms with van der Waals surface area (Å²) in [4.78, 5) is 10.2. The topological polar surface area (TPSA) is 91.0 Å². The number of nitrogens with two attached hydrogens (primary N) is 1. The summed E-state index contributed by atoms with van der Waals surface area (Å²) >= 11 is 0. The van der Waals surface area contributed by atoms with Crippen LogP contribution in [0.1, 0.15) is 19.3 Å². The molecule has 0 amide bonds. The van der Waals surface area contributed by atoms with Crippen LogP contribution >= 0.6 is 0 Å². The van der Waals surface area contributed by atoms with Gasteiger partial charge in [0.05, 0.1) is 33.0 Å². The van der Waals surface area contributed by atoms with Crippen molar-refractivity contribution in [3.63, 3.8) is 0 Å². The minimum atomic E-state index is -0.759. The number of unbranched alkanes of at least 4 members (excludes halogenated alkanes) is 1. The van der Waals surface area contributed by atoms with Crippen molar-refractivity contribution in [3.05, 3.63) is 0 Å². The molecule has 0 radical (unpaired) electrons. The third-order valence-electron chi connectivity index (χ3n) is 1.94. The van der Waals surface area contributed by atoms with E-state index in [1.54, 1.807) is 0 Å². The zero-order chi connectivity index (χ0) is 12.8. The van der Waals surface area contributed by atoms with Crippen LogP contribution in [-0.2, 0) is 19.0 Å². The molecule has 17 heavy (non-hydrogen) atoms. The SMILES string of the molecule is NCCOCCOCCOCCCCC(=O)O. The molecule has 6 heteroatoms. The lowest BCUT2D eigenvalue weighted by atomic mass is 10.2. The molecule has 0 aromatic heterocycles. The maximum Gasteiger partial charge on any atom is 0.303 e. The molecule has 0 aromatic rings. The van der Waals surface area contributed by atoms with Gasteiger partial charge in [-0.2, -0.15) is 0 Å². The number of rotatable bonds is 13. The minimum absolute atomic E-state index is 0.207. The Hall–Kier alpha value is -0.690. The molecule has 0 spiro atoms. The van der Waals surface area contributed by atoms with Crippen LogP contribution in [0.4, 0.5) is 0 Å². The molecule has 0 aliphatic carbocycles. The van der Waals surface area contributed by atoms with Gasteiger partial charge in [0, 0.05) is 19.6 Å². The number of ether oxygens (including phenoxy) is 3. The summed E-state index contributed by atoms with van der Waals surface area (Å²) in [6.07, 6.45) is 1.63. The summed E-state index contributed by atoms with van der Waals surface area (Å²) < 4.78 is 15.6. The second-order valence-electron chi connectivity index (χ2n) is 3.48. The van der Waals surface area contributed by atoms with Crippen LogP contribution in [0.15, 0.2) is 0 Å². The molecule has 3 N–H and O–H groups in total. The molecule has 6 nitrogen and oxygen atoms in total. The van der Waals surface area contributed by atoms with Gasteiger partial charge in [0.25, 0.3) is 0 Å². The minimum Gasteiger partial charge on any atom is -0.481 e. The van der Waals surface area contributed by atoms with Crippen LogP contribution in [0.2, 0.25) is 0 Å². The third-order valence-corrected chi connectivity index (χ3v) is 1.94. The molecular weight excluding hydrogens is 226 g/mol. The first-order chi connectivity index (χ1) is 8.27. The van der Waals surface area contributed by atoms with Crippen molar-refractivity contribution >= 4 is 5.97 Å². The van der Waals surface area contributed by atoms with Gasteiger partial charge in [-0.3, -0.25) is 4.79 Å². The molecule has 0 heterocycles. The van der Waals surface area contributed by atoms with Crippen LogP contribution in [0.5, 0.6) is 0 Å². The Labute approximate surface area is 102 Å². The summed E-state index contributed by atoms with van der Waals surface area (Å²) in [6, 6.07) is 0. The van der Waals surface area contributed by atoms with E-state index in [1.165, 1.54) is 0 Å². The Balaban J connectivity index is 2.91. The maximum atomic E-state index is 10.2. The first kappa shape index (κ1) is 16.3. The summed E-state index contributed by atoms with van der Waals surface area (Å²) in [7, 11) is 0. The highest BCUT2D eigenvalue weighted by Crippen LogP contribution is 1.95. The molecular formula is C11H23NO5.